The smallest absolute Gasteiger partial charge is 0.280 e. The molecule has 1 aromatic carbocycles. The van der Waals surface area contributed by atoms with Crippen LogP contribution in [-0.4, -0.2) is 41.7 Å². The van der Waals surface area contributed by atoms with Crippen molar-refractivity contribution in [2.45, 2.75) is 24.3 Å². The molecule has 1 aromatic heterocycles. The molecule has 2 aromatic rings. The number of amides is 1. The highest BCUT2D eigenvalue weighted by molar-refractivity contribution is 7.99. The van der Waals surface area contributed by atoms with Crippen molar-refractivity contribution in [2.75, 3.05) is 24.3 Å². The molecule has 1 saturated heterocycles. The fourth-order valence-electron chi connectivity index (χ4n) is 2.29. The van der Waals surface area contributed by atoms with Crippen LogP contribution >= 0.6 is 23.1 Å². The molecule has 1 aliphatic rings. The predicted molar refractivity (Wildman–Crippen MR) is 100 cm³/mol. The van der Waals surface area contributed by atoms with E-state index in [0.717, 1.165) is 34.6 Å². The molecule has 138 valence electrons. The third-order valence-corrected chi connectivity index (χ3v) is 5.13. The topological polar surface area (TPSA) is 72.8 Å². The second-order valence-electron chi connectivity index (χ2n) is 5.41. The first-order valence-corrected chi connectivity index (χ1v) is 9.93. The third kappa shape index (κ3) is 5.03. The van der Waals surface area contributed by atoms with Gasteiger partial charge in [0.15, 0.2) is 22.1 Å². The SMILES string of the molecule is CCSc1ccc(/C(=N\O[C@@H]2CCOC2)C(=O)Nc2ncc(F)s2)cc1. The largest absolute Gasteiger partial charge is 0.389 e. The van der Waals surface area contributed by atoms with E-state index < -0.39 is 11.0 Å². The maximum atomic E-state index is 13.1. The van der Waals surface area contributed by atoms with E-state index in [1.807, 2.05) is 24.3 Å². The molecule has 9 heteroatoms. The van der Waals surface area contributed by atoms with Crippen molar-refractivity contribution in [1.82, 2.24) is 4.98 Å². The lowest BCUT2D eigenvalue weighted by molar-refractivity contribution is -0.110. The summed E-state index contributed by atoms with van der Waals surface area (Å²) in [4.78, 5) is 23.0. The Morgan fingerprint density at radius 1 is 1.50 bits per heavy atom. The number of carbonyl (C=O) groups excluding carboxylic acids is 1. The zero-order valence-electron chi connectivity index (χ0n) is 14.1. The van der Waals surface area contributed by atoms with Gasteiger partial charge in [-0.25, -0.2) is 4.98 Å². The van der Waals surface area contributed by atoms with Crippen LogP contribution in [0, 0.1) is 5.13 Å². The fraction of sp³-hybridized carbons (Fsp3) is 0.353. The molecule has 1 atom stereocenters. The molecule has 1 N–H and O–H groups in total. The van der Waals surface area contributed by atoms with Crippen LogP contribution in [0.2, 0.25) is 0 Å². The first kappa shape index (κ1) is 18.8. The van der Waals surface area contributed by atoms with Gasteiger partial charge in [0.25, 0.3) is 5.91 Å². The van der Waals surface area contributed by atoms with Gasteiger partial charge in [-0.2, -0.15) is 4.39 Å². The standard InChI is InChI=1S/C17H18FN3O3S2/c1-2-25-13-5-3-11(4-6-13)15(21-24-12-7-8-23-10-12)16(22)20-17-19-9-14(18)26-17/h3-6,9,12H,2,7-8,10H2,1H3,(H,19,20,22)/b21-15+/t12-/m1/s1. The average molecular weight is 395 g/mol. The Balaban J connectivity index is 1.80. The second-order valence-corrected chi connectivity index (χ2v) is 7.73. The highest BCUT2D eigenvalue weighted by Gasteiger charge is 2.21. The predicted octanol–water partition coefficient (Wildman–Crippen LogP) is 3.54. The number of thioether (sulfide) groups is 1. The van der Waals surface area contributed by atoms with Crippen LogP contribution in [0.3, 0.4) is 0 Å². The van der Waals surface area contributed by atoms with Gasteiger partial charge in [0.05, 0.1) is 19.4 Å². The van der Waals surface area contributed by atoms with E-state index in [0.29, 0.717) is 18.8 Å². The fourth-order valence-corrected chi connectivity index (χ4v) is 3.49. The van der Waals surface area contributed by atoms with Gasteiger partial charge in [0.2, 0.25) is 0 Å². The molecule has 1 fully saturated rings. The van der Waals surface area contributed by atoms with E-state index in [2.05, 4.69) is 22.4 Å². The quantitative estimate of drug-likeness (QED) is 0.441. The molecule has 0 spiro atoms. The molecule has 0 unspecified atom stereocenters. The number of oxime groups is 1. The van der Waals surface area contributed by atoms with Gasteiger partial charge in [-0.3, -0.25) is 10.1 Å². The summed E-state index contributed by atoms with van der Waals surface area (Å²) in [6.07, 6.45) is 1.60. The molecule has 0 radical (unpaired) electrons. The maximum absolute atomic E-state index is 13.1. The molecule has 1 amide bonds. The average Bonchev–Trinajstić information content (AvgIpc) is 3.28. The van der Waals surface area contributed by atoms with Crippen molar-refractivity contribution >= 4 is 39.8 Å². The molecule has 0 aliphatic carbocycles. The molecule has 2 heterocycles. The van der Waals surface area contributed by atoms with Crippen molar-refractivity contribution in [3.63, 3.8) is 0 Å². The van der Waals surface area contributed by atoms with E-state index >= 15 is 0 Å². The van der Waals surface area contributed by atoms with Crippen LogP contribution in [0.15, 0.2) is 40.5 Å². The second kappa shape index (κ2) is 9.11. The zero-order chi connectivity index (χ0) is 18.4. The van der Waals surface area contributed by atoms with Gasteiger partial charge in [-0.15, -0.1) is 11.8 Å². The Hall–Kier alpha value is -1.97. The van der Waals surface area contributed by atoms with Crippen molar-refractivity contribution in [3.05, 3.63) is 41.2 Å². The summed E-state index contributed by atoms with van der Waals surface area (Å²) in [7, 11) is 0. The number of aromatic nitrogens is 1. The number of thiazole rings is 1. The number of nitrogens with one attached hydrogen (secondary N) is 1. The minimum absolute atomic E-state index is 0.112. The van der Waals surface area contributed by atoms with Gasteiger partial charge < -0.3 is 9.57 Å². The molecule has 0 bridgehead atoms. The van der Waals surface area contributed by atoms with Gasteiger partial charge in [0.1, 0.15) is 0 Å². The number of rotatable bonds is 7. The highest BCUT2D eigenvalue weighted by Crippen LogP contribution is 2.20. The van der Waals surface area contributed by atoms with Crippen LogP contribution < -0.4 is 5.32 Å². The van der Waals surface area contributed by atoms with E-state index in [1.54, 1.807) is 11.8 Å². The lowest BCUT2D eigenvalue weighted by Gasteiger charge is -2.10. The Morgan fingerprint density at radius 3 is 2.92 bits per heavy atom. The minimum atomic E-state index is -0.505. The summed E-state index contributed by atoms with van der Waals surface area (Å²) >= 11 is 2.46. The number of halogens is 1. The Bertz CT molecular complexity index is 774. The molecular formula is C17H18FN3O3S2. The van der Waals surface area contributed by atoms with Crippen molar-refractivity contribution in [3.8, 4) is 0 Å². The highest BCUT2D eigenvalue weighted by atomic mass is 32.2. The zero-order valence-corrected chi connectivity index (χ0v) is 15.7. The summed E-state index contributed by atoms with van der Waals surface area (Å²) in [6.45, 7) is 3.13. The van der Waals surface area contributed by atoms with Gasteiger partial charge in [-0.05, 0) is 17.9 Å². The lowest BCUT2D eigenvalue weighted by Crippen LogP contribution is -2.25. The summed E-state index contributed by atoms with van der Waals surface area (Å²) < 4.78 is 18.4. The molecule has 26 heavy (non-hydrogen) atoms. The van der Waals surface area contributed by atoms with Crippen molar-refractivity contribution in [2.24, 2.45) is 5.16 Å². The maximum Gasteiger partial charge on any atom is 0.280 e. The number of benzene rings is 1. The number of carbonyl (C=O) groups is 1. The minimum Gasteiger partial charge on any atom is -0.389 e. The molecular weight excluding hydrogens is 377 g/mol. The van der Waals surface area contributed by atoms with E-state index in [9.17, 15) is 9.18 Å². The Labute approximate surface area is 158 Å². The number of hydrogen-bond acceptors (Lipinski definition) is 7. The monoisotopic (exact) mass is 395 g/mol. The van der Waals surface area contributed by atoms with Crippen LogP contribution in [0.1, 0.15) is 18.9 Å². The van der Waals surface area contributed by atoms with Crippen molar-refractivity contribution in [1.29, 1.82) is 0 Å². The van der Waals surface area contributed by atoms with Crippen LogP contribution in [0.5, 0.6) is 0 Å². The first-order chi connectivity index (χ1) is 12.7. The Kier molecular flexibility index (Phi) is 6.59. The van der Waals surface area contributed by atoms with Crippen molar-refractivity contribution < 1.29 is 18.8 Å². The number of hydrogen-bond donors (Lipinski definition) is 1. The summed E-state index contributed by atoms with van der Waals surface area (Å²) in [5.41, 5.74) is 0.722. The summed E-state index contributed by atoms with van der Waals surface area (Å²) in [5.74, 6) is 0.454. The van der Waals surface area contributed by atoms with Crippen LogP contribution in [-0.2, 0) is 14.4 Å². The van der Waals surface area contributed by atoms with E-state index in [-0.39, 0.29) is 16.9 Å². The Morgan fingerprint density at radius 2 is 2.31 bits per heavy atom. The molecule has 6 nitrogen and oxygen atoms in total. The normalized spacial score (nSPS) is 17.3. The third-order valence-electron chi connectivity index (χ3n) is 3.53. The number of ether oxygens (including phenoxy) is 1. The van der Waals surface area contributed by atoms with Crippen LogP contribution in [0.25, 0.3) is 0 Å². The molecule has 3 rings (SSSR count). The summed E-state index contributed by atoms with van der Waals surface area (Å²) in [5, 5.41) is 6.31. The molecule has 0 saturated carbocycles. The lowest BCUT2D eigenvalue weighted by atomic mass is 10.1. The number of nitrogens with zero attached hydrogens (tertiary/aromatic N) is 2. The van der Waals surface area contributed by atoms with E-state index in [4.69, 9.17) is 9.57 Å². The van der Waals surface area contributed by atoms with Gasteiger partial charge >= 0.3 is 0 Å². The van der Waals surface area contributed by atoms with Gasteiger partial charge in [-0.1, -0.05) is 35.5 Å². The summed E-state index contributed by atoms with van der Waals surface area (Å²) in [6, 6.07) is 7.47. The first-order valence-electron chi connectivity index (χ1n) is 8.13. The van der Waals surface area contributed by atoms with Crippen LogP contribution in [0.4, 0.5) is 9.52 Å². The molecule has 1 aliphatic heterocycles. The van der Waals surface area contributed by atoms with E-state index in [1.165, 1.54) is 0 Å². The number of anilines is 1. The van der Waals surface area contributed by atoms with Gasteiger partial charge in [0, 0.05) is 16.9 Å².